The number of likely N-dealkylation sites (tertiary alicyclic amines) is 2. The Labute approximate surface area is 150 Å². The molecule has 25 heavy (non-hydrogen) atoms. The van der Waals surface area contributed by atoms with Crippen LogP contribution in [0, 0.1) is 5.92 Å². The third-order valence-corrected chi connectivity index (χ3v) is 5.82. The molecule has 0 aromatic carbocycles. The van der Waals surface area contributed by atoms with Crippen LogP contribution in [-0.2, 0) is 13.1 Å². The van der Waals surface area contributed by atoms with E-state index in [9.17, 15) is 0 Å². The second kappa shape index (κ2) is 7.26. The summed E-state index contributed by atoms with van der Waals surface area (Å²) in [6, 6.07) is 10.2. The molecule has 5 heteroatoms. The fourth-order valence-electron chi connectivity index (χ4n) is 4.92. The summed E-state index contributed by atoms with van der Waals surface area (Å²) in [5, 5.41) is 4.43. The SMILES string of the molecule is CC(C)N1[C@@H](Cn2cccn2)C[C@H]2CN(Cc3ccccn3)CC[C@H]21. The molecule has 2 aliphatic rings. The van der Waals surface area contributed by atoms with Gasteiger partial charge in [0.1, 0.15) is 0 Å². The van der Waals surface area contributed by atoms with Crippen molar-refractivity contribution in [2.75, 3.05) is 13.1 Å². The lowest BCUT2D eigenvalue weighted by molar-refractivity contribution is 0.0714. The van der Waals surface area contributed by atoms with E-state index in [-0.39, 0.29) is 0 Å². The van der Waals surface area contributed by atoms with E-state index < -0.39 is 0 Å². The van der Waals surface area contributed by atoms with Gasteiger partial charge in [0.05, 0.1) is 12.2 Å². The van der Waals surface area contributed by atoms with Crippen molar-refractivity contribution in [1.29, 1.82) is 0 Å². The Bertz CT molecular complexity index is 654. The highest BCUT2D eigenvalue weighted by molar-refractivity contribution is 5.05. The van der Waals surface area contributed by atoms with Gasteiger partial charge in [-0.25, -0.2) is 0 Å². The molecule has 0 saturated carbocycles. The van der Waals surface area contributed by atoms with E-state index in [0.717, 1.165) is 25.0 Å². The van der Waals surface area contributed by atoms with E-state index in [2.05, 4.69) is 56.7 Å². The summed E-state index contributed by atoms with van der Waals surface area (Å²) in [6.45, 7) is 9.06. The first kappa shape index (κ1) is 16.7. The van der Waals surface area contributed by atoms with Gasteiger partial charge >= 0.3 is 0 Å². The van der Waals surface area contributed by atoms with Crippen molar-refractivity contribution in [2.45, 2.75) is 57.9 Å². The van der Waals surface area contributed by atoms with Gasteiger partial charge in [-0.1, -0.05) is 6.07 Å². The van der Waals surface area contributed by atoms with Crippen molar-refractivity contribution in [3.8, 4) is 0 Å². The maximum Gasteiger partial charge on any atom is 0.0565 e. The molecule has 134 valence electrons. The van der Waals surface area contributed by atoms with E-state index in [1.165, 1.54) is 31.6 Å². The van der Waals surface area contributed by atoms with Crippen LogP contribution in [0.2, 0.25) is 0 Å². The minimum atomic E-state index is 0.595. The topological polar surface area (TPSA) is 37.2 Å². The average Bonchev–Trinajstić information content (AvgIpc) is 3.23. The van der Waals surface area contributed by atoms with Crippen LogP contribution in [-0.4, -0.2) is 55.8 Å². The van der Waals surface area contributed by atoms with Crippen LogP contribution in [0.5, 0.6) is 0 Å². The Morgan fingerprint density at radius 3 is 2.84 bits per heavy atom. The fraction of sp³-hybridized carbons (Fsp3) is 0.600. The predicted octanol–water partition coefficient (Wildman–Crippen LogP) is 2.65. The molecule has 0 bridgehead atoms. The van der Waals surface area contributed by atoms with Crippen molar-refractivity contribution < 1.29 is 0 Å². The number of hydrogen-bond donors (Lipinski definition) is 0. The van der Waals surface area contributed by atoms with Crippen LogP contribution < -0.4 is 0 Å². The molecule has 0 spiro atoms. The molecule has 0 N–H and O–H groups in total. The number of rotatable bonds is 5. The van der Waals surface area contributed by atoms with Gasteiger partial charge in [-0.3, -0.25) is 19.5 Å². The molecule has 0 unspecified atom stereocenters. The number of fused-ring (bicyclic) bond motifs is 1. The zero-order chi connectivity index (χ0) is 17.2. The molecular formula is C20H29N5. The van der Waals surface area contributed by atoms with E-state index in [1.54, 1.807) is 0 Å². The van der Waals surface area contributed by atoms with Gasteiger partial charge in [-0.15, -0.1) is 0 Å². The molecule has 4 rings (SSSR count). The number of pyridine rings is 1. The van der Waals surface area contributed by atoms with Crippen molar-refractivity contribution in [3.63, 3.8) is 0 Å². The van der Waals surface area contributed by atoms with Gasteiger partial charge in [0.15, 0.2) is 0 Å². The highest BCUT2D eigenvalue weighted by atomic mass is 15.3. The Kier molecular flexibility index (Phi) is 4.86. The van der Waals surface area contributed by atoms with E-state index in [1.807, 2.05) is 24.5 Å². The van der Waals surface area contributed by atoms with Crippen LogP contribution in [0.25, 0.3) is 0 Å². The highest BCUT2D eigenvalue weighted by Gasteiger charge is 2.44. The Balaban J connectivity index is 1.43. The summed E-state index contributed by atoms with van der Waals surface area (Å²) >= 11 is 0. The molecule has 0 radical (unpaired) electrons. The second-order valence-electron chi connectivity index (χ2n) is 7.83. The molecule has 3 atom stereocenters. The van der Waals surface area contributed by atoms with Crippen molar-refractivity contribution in [2.24, 2.45) is 5.92 Å². The van der Waals surface area contributed by atoms with Crippen LogP contribution in [0.3, 0.4) is 0 Å². The van der Waals surface area contributed by atoms with Crippen molar-refractivity contribution >= 4 is 0 Å². The third kappa shape index (κ3) is 3.62. The summed E-state index contributed by atoms with van der Waals surface area (Å²) in [6.07, 6.45) is 8.43. The molecule has 0 aliphatic carbocycles. The van der Waals surface area contributed by atoms with Gasteiger partial charge in [0.2, 0.25) is 0 Å². The second-order valence-corrected chi connectivity index (χ2v) is 7.83. The lowest BCUT2D eigenvalue weighted by Crippen LogP contribution is -2.49. The average molecular weight is 339 g/mol. The van der Waals surface area contributed by atoms with Crippen LogP contribution >= 0.6 is 0 Å². The van der Waals surface area contributed by atoms with Crippen LogP contribution in [0.4, 0.5) is 0 Å². The highest BCUT2D eigenvalue weighted by Crippen LogP contribution is 2.37. The lowest BCUT2D eigenvalue weighted by atomic mass is 9.91. The Hall–Kier alpha value is -1.72. The first-order chi connectivity index (χ1) is 12.2. The van der Waals surface area contributed by atoms with Crippen LogP contribution in [0.15, 0.2) is 42.9 Å². The maximum atomic E-state index is 4.50. The van der Waals surface area contributed by atoms with Crippen LogP contribution in [0.1, 0.15) is 32.4 Å². The Morgan fingerprint density at radius 2 is 2.12 bits per heavy atom. The smallest absolute Gasteiger partial charge is 0.0565 e. The first-order valence-electron chi connectivity index (χ1n) is 9.58. The molecule has 2 aromatic heterocycles. The summed E-state index contributed by atoms with van der Waals surface area (Å²) in [5.74, 6) is 0.764. The first-order valence-corrected chi connectivity index (χ1v) is 9.58. The monoisotopic (exact) mass is 339 g/mol. The quantitative estimate of drug-likeness (QED) is 0.839. The van der Waals surface area contributed by atoms with Gasteiger partial charge in [-0.2, -0.15) is 5.10 Å². The standard InChI is InChI=1S/C20H29N5/c1-16(2)25-19(15-24-10-5-9-22-24)12-17-13-23(11-7-20(17)25)14-18-6-3-4-8-21-18/h3-6,8-10,16-17,19-20H,7,11-15H2,1-2H3/t17-,19+,20+/m0/s1. The molecule has 2 fully saturated rings. The van der Waals surface area contributed by atoms with E-state index in [4.69, 9.17) is 0 Å². The van der Waals surface area contributed by atoms with Gasteiger partial charge < -0.3 is 0 Å². The Morgan fingerprint density at radius 1 is 1.20 bits per heavy atom. The minimum absolute atomic E-state index is 0.595. The number of nitrogens with zero attached hydrogens (tertiary/aromatic N) is 5. The number of aromatic nitrogens is 3. The molecule has 2 aromatic rings. The lowest BCUT2D eigenvalue weighted by Gasteiger charge is -2.40. The van der Waals surface area contributed by atoms with Gasteiger partial charge in [-0.05, 0) is 50.8 Å². The molecular weight excluding hydrogens is 310 g/mol. The van der Waals surface area contributed by atoms with E-state index >= 15 is 0 Å². The minimum Gasteiger partial charge on any atom is -0.297 e. The predicted molar refractivity (Wildman–Crippen MR) is 99.0 cm³/mol. The molecule has 2 aliphatic heterocycles. The normalized spacial score (nSPS) is 27.7. The van der Waals surface area contributed by atoms with E-state index in [0.29, 0.717) is 12.1 Å². The molecule has 4 heterocycles. The van der Waals surface area contributed by atoms with Gasteiger partial charge in [0, 0.05) is 56.4 Å². The van der Waals surface area contributed by atoms with Gasteiger partial charge in [0.25, 0.3) is 0 Å². The summed E-state index contributed by atoms with van der Waals surface area (Å²) in [4.78, 5) is 9.87. The number of piperidine rings is 1. The maximum absolute atomic E-state index is 4.50. The summed E-state index contributed by atoms with van der Waals surface area (Å²) in [5.41, 5.74) is 1.19. The summed E-state index contributed by atoms with van der Waals surface area (Å²) < 4.78 is 2.10. The zero-order valence-electron chi connectivity index (χ0n) is 15.3. The largest absolute Gasteiger partial charge is 0.297 e. The summed E-state index contributed by atoms with van der Waals surface area (Å²) in [7, 11) is 0. The third-order valence-electron chi connectivity index (χ3n) is 5.82. The zero-order valence-corrected chi connectivity index (χ0v) is 15.3. The molecule has 0 amide bonds. The number of hydrogen-bond acceptors (Lipinski definition) is 4. The molecule has 2 saturated heterocycles. The fourth-order valence-corrected chi connectivity index (χ4v) is 4.92. The van der Waals surface area contributed by atoms with Crippen molar-refractivity contribution in [3.05, 3.63) is 48.5 Å². The van der Waals surface area contributed by atoms with Crippen molar-refractivity contribution in [1.82, 2.24) is 24.6 Å². The molecule has 5 nitrogen and oxygen atoms in total.